The summed E-state index contributed by atoms with van der Waals surface area (Å²) in [5.41, 5.74) is 0. The molecule has 3 aliphatic rings. The van der Waals surface area contributed by atoms with Crippen molar-refractivity contribution in [3.8, 4) is 0 Å². The molecule has 2 unspecified atom stereocenters. The van der Waals surface area contributed by atoms with Crippen LogP contribution in [0.5, 0.6) is 0 Å². The van der Waals surface area contributed by atoms with E-state index in [1.54, 1.807) is 0 Å². The van der Waals surface area contributed by atoms with Gasteiger partial charge in [0.25, 0.3) is 0 Å². The fraction of sp³-hybridized carbons (Fsp3) is 1.00. The molecular weight excluding hydrogens is 248 g/mol. The largest absolute Gasteiger partial charge is 0.367 e. The second-order valence-corrected chi connectivity index (χ2v) is 6.48. The van der Waals surface area contributed by atoms with E-state index in [-0.39, 0.29) is 30.5 Å². The van der Waals surface area contributed by atoms with Gasteiger partial charge >= 0.3 is 0 Å². The van der Waals surface area contributed by atoms with Crippen LogP contribution in [0, 0.1) is 0 Å². The molecule has 3 aliphatic heterocycles. The average Bonchev–Trinajstić information content (AvgIpc) is 2.89. The molecular formula is C14H24O5. The fourth-order valence-electron chi connectivity index (χ4n) is 3.22. The van der Waals surface area contributed by atoms with Gasteiger partial charge in [0.1, 0.15) is 24.4 Å². The Morgan fingerprint density at radius 3 is 2.16 bits per heavy atom. The highest BCUT2D eigenvalue weighted by Gasteiger charge is 2.58. The smallest absolute Gasteiger partial charge is 0.164 e. The minimum absolute atomic E-state index is 0.00249. The van der Waals surface area contributed by atoms with Crippen molar-refractivity contribution in [2.45, 2.75) is 83.1 Å². The van der Waals surface area contributed by atoms with Crippen molar-refractivity contribution in [1.29, 1.82) is 0 Å². The second kappa shape index (κ2) is 4.40. The average molecular weight is 272 g/mol. The fourth-order valence-corrected chi connectivity index (χ4v) is 3.22. The van der Waals surface area contributed by atoms with Crippen LogP contribution in [0.15, 0.2) is 0 Å². The van der Waals surface area contributed by atoms with Gasteiger partial charge in [-0.15, -0.1) is 0 Å². The first kappa shape index (κ1) is 13.8. The molecule has 0 amide bonds. The van der Waals surface area contributed by atoms with Gasteiger partial charge in [-0.1, -0.05) is 6.92 Å². The summed E-state index contributed by atoms with van der Waals surface area (Å²) in [5, 5.41) is 0. The van der Waals surface area contributed by atoms with Gasteiger partial charge in [-0.2, -0.15) is 0 Å². The van der Waals surface area contributed by atoms with Crippen LogP contribution in [0.2, 0.25) is 0 Å². The van der Waals surface area contributed by atoms with Crippen LogP contribution in [0.1, 0.15) is 41.0 Å². The molecule has 3 heterocycles. The molecule has 0 radical (unpaired) electrons. The summed E-state index contributed by atoms with van der Waals surface area (Å²) >= 11 is 0. The van der Waals surface area contributed by atoms with E-state index in [2.05, 4.69) is 6.92 Å². The lowest BCUT2D eigenvalue weighted by molar-refractivity contribution is -0.206. The quantitative estimate of drug-likeness (QED) is 0.767. The van der Waals surface area contributed by atoms with Gasteiger partial charge in [-0.3, -0.25) is 0 Å². The van der Waals surface area contributed by atoms with Gasteiger partial charge in [0.2, 0.25) is 0 Å². The summed E-state index contributed by atoms with van der Waals surface area (Å²) < 4.78 is 29.6. The van der Waals surface area contributed by atoms with Crippen LogP contribution in [-0.4, -0.2) is 48.7 Å². The van der Waals surface area contributed by atoms with Crippen LogP contribution in [-0.2, 0) is 23.7 Å². The minimum Gasteiger partial charge on any atom is -0.367 e. The van der Waals surface area contributed by atoms with E-state index in [1.807, 2.05) is 27.7 Å². The van der Waals surface area contributed by atoms with E-state index in [4.69, 9.17) is 23.7 Å². The monoisotopic (exact) mass is 272 g/mol. The first-order valence-corrected chi connectivity index (χ1v) is 7.14. The molecule has 110 valence electrons. The zero-order valence-electron chi connectivity index (χ0n) is 12.3. The molecule has 0 spiro atoms. The molecule has 19 heavy (non-hydrogen) atoms. The number of ether oxygens (including phenoxy) is 5. The van der Waals surface area contributed by atoms with Crippen LogP contribution >= 0.6 is 0 Å². The Hall–Kier alpha value is -0.200. The Balaban J connectivity index is 1.76. The summed E-state index contributed by atoms with van der Waals surface area (Å²) in [6.07, 6.45) is 0.715. The third-order valence-electron chi connectivity index (χ3n) is 3.98. The molecule has 3 saturated heterocycles. The van der Waals surface area contributed by atoms with E-state index in [0.29, 0.717) is 6.61 Å². The van der Waals surface area contributed by atoms with E-state index in [0.717, 1.165) is 6.42 Å². The number of fused-ring (bicyclic) bond motifs is 1. The van der Waals surface area contributed by atoms with Gasteiger partial charge in [0, 0.05) is 0 Å². The predicted octanol–water partition coefficient (Wildman–Crippen LogP) is 1.84. The van der Waals surface area contributed by atoms with Gasteiger partial charge in [-0.05, 0) is 34.1 Å². The molecule has 0 aromatic rings. The lowest BCUT2D eigenvalue weighted by atomic mass is 10.0. The maximum absolute atomic E-state index is 6.09. The van der Waals surface area contributed by atoms with E-state index in [9.17, 15) is 0 Å². The molecule has 0 bridgehead atoms. The van der Waals surface area contributed by atoms with Crippen LogP contribution in [0.4, 0.5) is 0 Å². The Labute approximate surface area is 114 Å². The molecule has 5 nitrogen and oxygen atoms in total. The van der Waals surface area contributed by atoms with Gasteiger partial charge < -0.3 is 23.7 Å². The molecule has 3 rings (SSSR count). The lowest BCUT2D eigenvalue weighted by Crippen LogP contribution is -2.40. The lowest BCUT2D eigenvalue weighted by Gasteiger charge is -2.26. The van der Waals surface area contributed by atoms with Crippen molar-refractivity contribution >= 4 is 0 Å². The normalized spacial score (nSPS) is 47.5. The Morgan fingerprint density at radius 1 is 0.895 bits per heavy atom. The molecule has 3 fully saturated rings. The Bertz CT molecular complexity index is 354. The topological polar surface area (TPSA) is 46.2 Å². The standard InChI is InChI=1S/C14H24O5/c1-6-8-11-12(19-14(4,5)18-11)10(16-8)9-7-15-13(2,3)17-9/h8-12H,6-7H2,1-5H3/t8-,9?,10?,11-,12+/m1/s1. The van der Waals surface area contributed by atoms with Crippen molar-refractivity contribution in [2.75, 3.05) is 6.61 Å². The Morgan fingerprint density at radius 2 is 1.58 bits per heavy atom. The molecule has 0 aromatic heterocycles. The molecule has 0 N–H and O–H groups in total. The number of hydrogen-bond acceptors (Lipinski definition) is 5. The van der Waals surface area contributed by atoms with E-state index < -0.39 is 11.6 Å². The summed E-state index contributed by atoms with van der Waals surface area (Å²) in [6.45, 7) is 10.4. The van der Waals surface area contributed by atoms with Crippen LogP contribution < -0.4 is 0 Å². The molecule has 0 aromatic carbocycles. The van der Waals surface area contributed by atoms with Gasteiger partial charge in [0.15, 0.2) is 11.6 Å². The SMILES string of the molecule is CC[C@H]1OC(C2COC(C)(C)O2)[C@@H]2OC(C)(C)O[C@H]12. The summed E-state index contributed by atoms with van der Waals surface area (Å²) in [4.78, 5) is 0. The van der Waals surface area contributed by atoms with Crippen LogP contribution in [0.25, 0.3) is 0 Å². The highest BCUT2D eigenvalue weighted by Crippen LogP contribution is 2.42. The third-order valence-corrected chi connectivity index (χ3v) is 3.98. The number of rotatable bonds is 2. The molecule has 0 saturated carbocycles. The van der Waals surface area contributed by atoms with Crippen molar-refractivity contribution < 1.29 is 23.7 Å². The van der Waals surface area contributed by atoms with E-state index >= 15 is 0 Å². The zero-order chi connectivity index (χ0) is 13.8. The third kappa shape index (κ3) is 2.43. The highest BCUT2D eigenvalue weighted by molar-refractivity contribution is 5.01. The van der Waals surface area contributed by atoms with Crippen molar-refractivity contribution in [1.82, 2.24) is 0 Å². The van der Waals surface area contributed by atoms with Gasteiger partial charge in [0.05, 0.1) is 12.7 Å². The number of hydrogen-bond donors (Lipinski definition) is 0. The zero-order valence-corrected chi connectivity index (χ0v) is 12.3. The summed E-state index contributed by atoms with van der Waals surface area (Å²) in [5.74, 6) is -1.08. The highest BCUT2D eigenvalue weighted by atomic mass is 16.8. The summed E-state index contributed by atoms with van der Waals surface area (Å²) in [6, 6.07) is 0. The maximum Gasteiger partial charge on any atom is 0.164 e. The van der Waals surface area contributed by atoms with E-state index in [1.165, 1.54) is 0 Å². The van der Waals surface area contributed by atoms with Crippen molar-refractivity contribution in [2.24, 2.45) is 0 Å². The second-order valence-electron chi connectivity index (χ2n) is 6.48. The van der Waals surface area contributed by atoms with Crippen molar-refractivity contribution in [3.05, 3.63) is 0 Å². The molecule has 0 aliphatic carbocycles. The Kier molecular flexibility index (Phi) is 3.19. The molecule has 5 atom stereocenters. The van der Waals surface area contributed by atoms with Gasteiger partial charge in [-0.25, -0.2) is 0 Å². The van der Waals surface area contributed by atoms with Crippen molar-refractivity contribution in [3.63, 3.8) is 0 Å². The predicted molar refractivity (Wildman–Crippen MR) is 67.7 cm³/mol. The minimum atomic E-state index is -0.542. The first-order chi connectivity index (χ1) is 8.81. The maximum atomic E-state index is 6.09. The molecule has 5 heteroatoms. The summed E-state index contributed by atoms with van der Waals surface area (Å²) in [7, 11) is 0. The van der Waals surface area contributed by atoms with Crippen LogP contribution in [0.3, 0.4) is 0 Å². The first-order valence-electron chi connectivity index (χ1n) is 7.14.